The van der Waals surface area contributed by atoms with Crippen molar-refractivity contribution in [1.29, 1.82) is 0 Å². The Labute approximate surface area is 106 Å². The van der Waals surface area contributed by atoms with Gasteiger partial charge in [-0.15, -0.1) is 0 Å². The van der Waals surface area contributed by atoms with E-state index in [0.717, 1.165) is 17.6 Å². The van der Waals surface area contributed by atoms with Gasteiger partial charge in [0.2, 0.25) is 0 Å². The van der Waals surface area contributed by atoms with Crippen LogP contribution in [-0.2, 0) is 6.54 Å². The second-order valence-corrected chi connectivity index (χ2v) is 5.78. The van der Waals surface area contributed by atoms with Crippen LogP contribution in [-0.4, -0.2) is 11.5 Å². The van der Waals surface area contributed by atoms with Gasteiger partial charge < -0.3 is 5.32 Å². The van der Waals surface area contributed by atoms with Crippen molar-refractivity contribution in [2.24, 2.45) is 5.41 Å². The maximum Gasteiger partial charge on any atom is 0.0410 e. The largest absolute Gasteiger partial charge is 0.312 e. The van der Waals surface area contributed by atoms with E-state index in [0.29, 0.717) is 5.41 Å². The molecule has 1 saturated carbocycles. The third kappa shape index (κ3) is 3.29. The number of nitrogens with zero attached hydrogens (tertiary/aromatic N) is 1. The average molecular weight is 283 g/mol. The molecule has 3 heteroatoms. The first-order chi connectivity index (χ1) is 7.74. The molecule has 88 valence electrons. The van der Waals surface area contributed by atoms with Gasteiger partial charge in [0.15, 0.2) is 0 Å². The molecule has 1 heterocycles. The molecule has 0 saturated heterocycles. The summed E-state index contributed by atoms with van der Waals surface area (Å²) in [5.41, 5.74) is 1.88. The smallest absolute Gasteiger partial charge is 0.0410 e. The average Bonchev–Trinajstić information content (AvgIpc) is 2.99. The SMILES string of the molecule is CCCC1(CNCc2cncc(Br)c2)CC1. The lowest BCUT2D eigenvalue weighted by molar-refractivity contribution is 0.420. The summed E-state index contributed by atoms with van der Waals surface area (Å²) < 4.78 is 1.06. The molecule has 1 aliphatic rings. The lowest BCUT2D eigenvalue weighted by atomic mass is 10.0. The number of pyridine rings is 1. The van der Waals surface area contributed by atoms with Crippen molar-refractivity contribution in [3.05, 3.63) is 28.5 Å². The second kappa shape index (κ2) is 5.28. The molecule has 0 radical (unpaired) electrons. The van der Waals surface area contributed by atoms with Crippen molar-refractivity contribution in [2.45, 2.75) is 39.2 Å². The van der Waals surface area contributed by atoms with Gasteiger partial charge >= 0.3 is 0 Å². The van der Waals surface area contributed by atoms with Crippen LogP contribution in [0.5, 0.6) is 0 Å². The molecular formula is C13H19BrN2. The number of hydrogen-bond acceptors (Lipinski definition) is 2. The van der Waals surface area contributed by atoms with E-state index >= 15 is 0 Å². The molecule has 0 spiro atoms. The zero-order chi connectivity index (χ0) is 11.4. The van der Waals surface area contributed by atoms with Gasteiger partial charge in [0.1, 0.15) is 0 Å². The van der Waals surface area contributed by atoms with E-state index in [2.05, 4.69) is 39.2 Å². The summed E-state index contributed by atoms with van der Waals surface area (Å²) in [6, 6.07) is 2.12. The fourth-order valence-electron chi connectivity index (χ4n) is 2.25. The van der Waals surface area contributed by atoms with Crippen LogP contribution >= 0.6 is 15.9 Å². The molecule has 0 aliphatic heterocycles. The summed E-state index contributed by atoms with van der Waals surface area (Å²) in [6.45, 7) is 4.36. The molecular weight excluding hydrogens is 264 g/mol. The molecule has 2 rings (SSSR count). The van der Waals surface area contributed by atoms with Crippen LogP contribution in [0, 0.1) is 5.41 Å². The summed E-state index contributed by atoms with van der Waals surface area (Å²) in [5.74, 6) is 0. The number of rotatable bonds is 6. The van der Waals surface area contributed by atoms with Crippen molar-refractivity contribution in [2.75, 3.05) is 6.54 Å². The Kier molecular flexibility index (Phi) is 3.98. The van der Waals surface area contributed by atoms with Crippen LogP contribution in [0.15, 0.2) is 22.9 Å². The molecule has 16 heavy (non-hydrogen) atoms. The summed E-state index contributed by atoms with van der Waals surface area (Å²) in [6.07, 6.45) is 9.24. The Morgan fingerprint density at radius 2 is 2.25 bits per heavy atom. The highest BCUT2D eigenvalue weighted by atomic mass is 79.9. The first-order valence-corrected chi connectivity index (χ1v) is 6.84. The zero-order valence-electron chi connectivity index (χ0n) is 9.80. The standard InChI is InChI=1S/C13H19BrN2/c1-2-3-13(4-5-13)10-16-8-11-6-12(14)9-15-7-11/h6-7,9,16H,2-5,8,10H2,1H3. The zero-order valence-corrected chi connectivity index (χ0v) is 11.4. The van der Waals surface area contributed by atoms with Gasteiger partial charge in [-0.05, 0) is 52.2 Å². The van der Waals surface area contributed by atoms with Gasteiger partial charge in [0, 0.05) is 30.0 Å². The molecule has 1 aromatic heterocycles. The Morgan fingerprint density at radius 1 is 1.44 bits per heavy atom. The normalized spacial score (nSPS) is 17.4. The minimum absolute atomic E-state index is 0.633. The molecule has 1 aromatic rings. The minimum atomic E-state index is 0.633. The Morgan fingerprint density at radius 3 is 2.88 bits per heavy atom. The second-order valence-electron chi connectivity index (χ2n) is 4.86. The summed E-state index contributed by atoms with van der Waals surface area (Å²) in [7, 11) is 0. The summed E-state index contributed by atoms with van der Waals surface area (Å²) >= 11 is 3.44. The number of nitrogens with one attached hydrogen (secondary N) is 1. The van der Waals surface area contributed by atoms with Gasteiger partial charge in [0.05, 0.1) is 0 Å². The molecule has 0 atom stereocenters. The molecule has 2 nitrogen and oxygen atoms in total. The highest BCUT2D eigenvalue weighted by molar-refractivity contribution is 9.10. The number of aromatic nitrogens is 1. The van der Waals surface area contributed by atoms with Crippen LogP contribution in [0.3, 0.4) is 0 Å². The van der Waals surface area contributed by atoms with Gasteiger partial charge in [-0.2, -0.15) is 0 Å². The molecule has 1 N–H and O–H groups in total. The maximum atomic E-state index is 4.16. The number of hydrogen-bond donors (Lipinski definition) is 1. The maximum absolute atomic E-state index is 4.16. The van der Waals surface area contributed by atoms with Crippen molar-refractivity contribution in [3.63, 3.8) is 0 Å². The summed E-state index contributed by atoms with van der Waals surface area (Å²) in [4.78, 5) is 4.16. The first-order valence-electron chi connectivity index (χ1n) is 6.04. The van der Waals surface area contributed by atoms with Gasteiger partial charge in [-0.3, -0.25) is 4.98 Å². The third-order valence-electron chi connectivity index (χ3n) is 3.33. The molecule has 1 fully saturated rings. The van der Waals surface area contributed by atoms with E-state index in [9.17, 15) is 0 Å². The monoisotopic (exact) mass is 282 g/mol. The third-order valence-corrected chi connectivity index (χ3v) is 3.76. The molecule has 0 bridgehead atoms. The highest BCUT2D eigenvalue weighted by Gasteiger charge is 2.40. The van der Waals surface area contributed by atoms with E-state index in [-0.39, 0.29) is 0 Å². The van der Waals surface area contributed by atoms with Crippen LogP contribution in [0.1, 0.15) is 38.2 Å². The molecule has 0 aromatic carbocycles. The fourth-order valence-corrected chi connectivity index (χ4v) is 2.66. The van der Waals surface area contributed by atoms with Crippen LogP contribution in [0.4, 0.5) is 0 Å². The van der Waals surface area contributed by atoms with Crippen molar-refractivity contribution in [3.8, 4) is 0 Å². The highest BCUT2D eigenvalue weighted by Crippen LogP contribution is 2.48. The Hall–Kier alpha value is -0.410. The van der Waals surface area contributed by atoms with Gasteiger partial charge in [0.25, 0.3) is 0 Å². The van der Waals surface area contributed by atoms with E-state index in [1.54, 1.807) is 0 Å². The minimum Gasteiger partial charge on any atom is -0.312 e. The van der Waals surface area contributed by atoms with Crippen LogP contribution < -0.4 is 5.32 Å². The Bertz CT molecular complexity index is 348. The lowest BCUT2D eigenvalue weighted by Crippen LogP contribution is -2.23. The molecule has 1 aliphatic carbocycles. The number of halogens is 1. The quantitative estimate of drug-likeness (QED) is 0.864. The fraction of sp³-hybridized carbons (Fsp3) is 0.615. The van der Waals surface area contributed by atoms with Crippen molar-refractivity contribution in [1.82, 2.24) is 10.3 Å². The van der Waals surface area contributed by atoms with Crippen molar-refractivity contribution < 1.29 is 0 Å². The van der Waals surface area contributed by atoms with E-state index in [4.69, 9.17) is 0 Å². The first kappa shape index (κ1) is 12.1. The van der Waals surface area contributed by atoms with Crippen molar-refractivity contribution >= 4 is 15.9 Å². The molecule has 0 amide bonds. The van der Waals surface area contributed by atoms with E-state index in [1.807, 2.05) is 12.4 Å². The Balaban J connectivity index is 1.76. The van der Waals surface area contributed by atoms with Gasteiger partial charge in [-0.1, -0.05) is 13.3 Å². The lowest BCUT2D eigenvalue weighted by Gasteiger charge is -2.14. The molecule has 0 unspecified atom stereocenters. The van der Waals surface area contributed by atoms with E-state index in [1.165, 1.54) is 31.2 Å². The predicted molar refractivity (Wildman–Crippen MR) is 70.2 cm³/mol. The van der Waals surface area contributed by atoms with Gasteiger partial charge in [-0.25, -0.2) is 0 Å². The summed E-state index contributed by atoms with van der Waals surface area (Å²) in [5, 5.41) is 3.56. The topological polar surface area (TPSA) is 24.9 Å². The van der Waals surface area contributed by atoms with Crippen LogP contribution in [0.25, 0.3) is 0 Å². The van der Waals surface area contributed by atoms with E-state index < -0.39 is 0 Å². The van der Waals surface area contributed by atoms with Crippen LogP contribution in [0.2, 0.25) is 0 Å². The predicted octanol–water partition coefficient (Wildman–Crippen LogP) is 3.51.